The Morgan fingerprint density at radius 2 is 1.83 bits per heavy atom. The summed E-state index contributed by atoms with van der Waals surface area (Å²) in [5.41, 5.74) is 2.18. The maximum atomic E-state index is 10.7. The number of hydrogen-bond acceptors (Lipinski definition) is 4. The third kappa shape index (κ3) is 6.01. The van der Waals surface area contributed by atoms with E-state index in [-0.39, 0.29) is 29.4 Å². The van der Waals surface area contributed by atoms with Gasteiger partial charge in [0.1, 0.15) is 11.5 Å². The monoisotopic (exact) mass is 525 g/mol. The average molecular weight is 525 g/mol. The van der Waals surface area contributed by atoms with E-state index in [1.165, 1.54) is 5.56 Å². The fourth-order valence-corrected chi connectivity index (χ4v) is 3.46. The van der Waals surface area contributed by atoms with Crippen LogP contribution in [0.2, 0.25) is 0 Å². The first-order valence-electron chi connectivity index (χ1n) is 10.1. The van der Waals surface area contributed by atoms with Gasteiger partial charge in [0.05, 0.1) is 26.9 Å². The maximum Gasteiger partial charge on any atom is 0.191 e. The van der Waals surface area contributed by atoms with Gasteiger partial charge in [0.25, 0.3) is 0 Å². The number of aliphatic hydroxyl groups is 1. The maximum absolute atomic E-state index is 10.7. The predicted molar refractivity (Wildman–Crippen MR) is 131 cm³/mol. The molecule has 1 saturated carbocycles. The molecule has 0 saturated heterocycles. The van der Waals surface area contributed by atoms with Crippen molar-refractivity contribution in [2.75, 3.05) is 33.9 Å². The topological polar surface area (TPSA) is 75.1 Å². The molecular weight excluding hydrogens is 493 g/mol. The molecule has 2 aromatic carbocycles. The van der Waals surface area contributed by atoms with Gasteiger partial charge in [0.2, 0.25) is 0 Å². The molecule has 1 unspecified atom stereocenters. The van der Waals surface area contributed by atoms with E-state index >= 15 is 0 Å². The van der Waals surface area contributed by atoms with Crippen LogP contribution in [0.4, 0.5) is 0 Å². The lowest BCUT2D eigenvalue weighted by Crippen LogP contribution is -2.40. The Kier molecular flexibility index (Phi) is 9.23. The molecule has 0 amide bonds. The van der Waals surface area contributed by atoms with Crippen molar-refractivity contribution in [1.29, 1.82) is 0 Å². The van der Waals surface area contributed by atoms with E-state index in [4.69, 9.17) is 14.5 Å². The van der Waals surface area contributed by atoms with Gasteiger partial charge in [-0.1, -0.05) is 30.3 Å². The molecule has 30 heavy (non-hydrogen) atoms. The summed E-state index contributed by atoms with van der Waals surface area (Å²) >= 11 is 0. The Bertz CT molecular complexity index is 826. The molecule has 1 atom stereocenters. The molecule has 1 aliphatic carbocycles. The minimum absolute atomic E-state index is 0. The van der Waals surface area contributed by atoms with Crippen LogP contribution in [0, 0.1) is 0 Å². The van der Waals surface area contributed by atoms with Crippen LogP contribution in [0.5, 0.6) is 11.5 Å². The number of nitrogens with zero attached hydrogens (tertiary/aromatic N) is 1. The Hall–Kier alpha value is -2.00. The number of guanidine groups is 1. The first-order chi connectivity index (χ1) is 14.1. The van der Waals surface area contributed by atoms with Crippen molar-refractivity contribution in [3.05, 3.63) is 59.7 Å². The van der Waals surface area contributed by atoms with Crippen LogP contribution in [0.25, 0.3) is 0 Å². The lowest BCUT2D eigenvalue weighted by Gasteiger charge is -2.19. The van der Waals surface area contributed by atoms with Crippen LogP contribution in [0.1, 0.15) is 37.0 Å². The van der Waals surface area contributed by atoms with Gasteiger partial charge in [-0.05, 0) is 43.5 Å². The number of hydrogen-bond donors (Lipinski definition) is 3. The fraction of sp³-hybridized carbons (Fsp3) is 0.435. The van der Waals surface area contributed by atoms with Gasteiger partial charge in [-0.25, -0.2) is 0 Å². The fourth-order valence-electron chi connectivity index (χ4n) is 3.46. The summed E-state index contributed by atoms with van der Waals surface area (Å²) in [4.78, 5) is 4.79. The van der Waals surface area contributed by atoms with E-state index in [1.807, 2.05) is 19.1 Å². The molecule has 7 heteroatoms. The Morgan fingerprint density at radius 1 is 1.10 bits per heavy atom. The Morgan fingerprint density at radius 3 is 2.43 bits per heavy atom. The van der Waals surface area contributed by atoms with Gasteiger partial charge >= 0.3 is 0 Å². The number of methoxy groups -OCH3 is 2. The molecule has 3 N–H and O–H groups in total. The largest absolute Gasteiger partial charge is 0.497 e. The highest BCUT2D eigenvalue weighted by Gasteiger charge is 2.43. The zero-order valence-corrected chi connectivity index (χ0v) is 20.2. The van der Waals surface area contributed by atoms with E-state index < -0.39 is 6.10 Å². The second-order valence-electron chi connectivity index (χ2n) is 7.35. The van der Waals surface area contributed by atoms with Crippen molar-refractivity contribution in [2.24, 2.45) is 4.99 Å². The van der Waals surface area contributed by atoms with Crippen molar-refractivity contribution < 1.29 is 14.6 Å². The van der Waals surface area contributed by atoms with Crippen molar-refractivity contribution in [2.45, 2.75) is 31.3 Å². The molecule has 0 radical (unpaired) electrons. The third-order valence-corrected chi connectivity index (χ3v) is 5.38. The molecular formula is C23H32IN3O3. The normalized spacial score (nSPS) is 15.5. The SMILES string of the molecule is CCNC(=NCC1(c2ccccc2)CC1)NCC(O)c1cc(OC)ccc1OC.I. The number of benzene rings is 2. The van der Waals surface area contributed by atoms with E-state index in [1.54, 1.807) is 26.4 Å². The first-order valence-corrected chi connectivity index (χ1v) is 10.1. The van der Waals surface area contributed by atoms with Crippen molar-refractivity contribution in [1.82, 2.24) is 10.6 Å². The van der Waals surface area contributed by atoms with Crippen molar-refractivity contribution in [3.8, 4) is 11.5 Å². The molecule has 1 aliphatic rings. The van der Waals surface area contributed by atoms with Gasteiger partial charge in [0.15, 0.2) is 5.96 Å². The molecule has 0 heterocycles. The number of rotatable bonds is 9. The molecule has 0 aliphatic heterocycles. The number of halogens is 1. The van der Waals surface area contributed by atoms with Gasteiger partial charge < -0.3 is 25.2 Å². The molecule has 0 aromatic heterocycles. The Balaban J connectivity index is 0.00000320. The van der Waals surface area contributed by atoms with Crippen LogP contribution >= 0.6 is 24.0 Å². The van der Waals surface area contributed by atoms with Gasteiger partial charge in [0, 0.05) is 24.1 Å². The van der Waals surface area contributed by atoms with Crippen molar-refractivity contribution in [3.63, 3.8) is 0 Å². The lowest BCUT2D eigenvalue weighted by molar-refractivity contribution is 0.176. The predicted octanol–water partition coefficient (Wildman–Crippen LogP) is 3.64. The summed E-state index contributed by atoms with van der Waals surface area (Å²) in [5, 5.41) is 17.2. The summed E-state index contributed by atoms with van der Waals surface area (Å²) in [7, 11) is 3.20. The highest BCUT2D eigenvalue weighted by molar-refractivity contribution is 14.0. The third-order valence-electron chi connectivity index (χ3n) is 5.38. The standard InChI is InChI=1S/C23H31N3O3.HI/c1-4-24-22(26-16-23(12-13-23)17-8-6-5-7-9-17)25-15-20(27)19-14-18(28-2)10-11-21(19)29-3;/h5-11,14,20,27H,4,12-13,15-16H2,1-3H3,(H2,24,25,26);1H. The lowest BCUT2D eigenvalue weighted by atomic mass is 9.96. The minimum atomic E-state index is -0.757. The van der Waals surface area contributed by atoms with Gasteiger partial charge in [-0.2, -0.15) is 0 Å². The van der Waals surface area contributed by atoms with Crippen molar-refractivity contribution >= 4 is 29.9 Å². The van der Waals surface area contributed by atoms with Gasteiger partial charge in [-0.3, -0.25) is 4.99 Å². The van der Waals surface area contributed by atoms with E-state index in [0.29, 0.717) is 29.6 Å². The number of aliphatic hydroxyl groups excluding tert-OH is 1. The van der Waals surface area contributed by atoms with Crippen LogP contribution in [0.3, 0.4) is 0 Å². The van der Waals surface area contributed by atoms with E-state index in [0.717, 1.165) is 25.9 Å². The summed E-state index contributed by atoms with van der Waals surface area (Å²) in [6, 6.07) is 16.0. The smallest absolute Gasteiger partial charge is 0.191 e. The second kappa shape index (κ2) is 11.4. The molecule has 164 valence electrons. The van der Waals surface area contributed by atoms with Crippen LogP contribution in [-0.4, -0.2) is 44.9 Å². The summed E-state index contributed by atoms with van der Waals surface area (Å²) < 4.78 is 10.7. The first kappa shape index (κ1) is 24.3. The summed E-state index contributed by atoms with van der Waals surface area (Å²) in [6.07, 6.45) is 1.56. The highest BCUT2D eigenvalue weighted by Crippen LogP contribution is 2.48. The quantitative estimate of drug-likeness (QED) is 0.265. The van der Waals surface area contributed by atoms with E-state index in [9.17, 15) is 5.11 Å². The number of nitrogens with one attached hydrogen (secondary N) is 2. The molecule has 0 spiro atoms. The number of aliphatic imine (C=N–C) groups is 1. The zero-order valence-electron chi connectivity index (χ0n) is 17.9. The minimum Gasteiger partial charge on any atom is -0.497 e. The Labute approximate surface area is 196 Å². The van der Waals surface area contributed by atoms with Crippen LogP contribution < -0.4 is 20.1 Å². The average Bonchev–Trinajstić information content (AvgIpc) is 3.56. The number of ether oxygens (including phenoxy) is 2. The molecule has 3 rings (SSSR count). The molecule has 6 nitrogen and oxygen atoms in total. The summed E-state index contributed by atoms with van der Waals surface area (Å²) in [6.45, 7) is 3.82. The highest BCUT2D eigenvalue weighted by atomic mass is 127. The van der Waals surface area contributed by atoms with E-state index in [2.05, 4.69) is 34.9 Å². The zero-order chi connectivity index (χ0) is 20.7. The van der Waals surface area contributed by atoms with Crippen LogP contribution in [-0.2, 0) is 5.41 Å². The second-order valence-corrected chi connectivity index (χ2v) is 7.35. The van der Waals surface area contributed by atoms with Crippen LogP contribution in [0.15, 0.2) is 53.5 Å². The molecule has 1 fully saturated rings. The molecule has 0 bridgehead atoms. The molecule has 2 aromatic rings. The summed E-state index contributed by atoms with van der Waals surface area (Å²) in [5.74, 6) is 2.01. The van der Waals surface area contributed by atoms with Gasteiger partial charge in [-0.15, -0.1) is 24.0 Å².